The third-order valence-corrected chi connectivity index (χ3v) is 5.56. The molecule has 0 radical (unpaired) electrons. The fourth-order valence-electron chi connectivity index (χ4n) is 4.35. The van der Waals surface area contributed by atoms with E-state index in [-0.39, 0.29) is 5.75 Å². The molecule has 0 unspecified atom stereocenters. The van der Waals surface area contributed by atoms with E-state index in [9.17, 15) is 5.11 Å². The predicted octanol–water partition coefficient (Wildman–Crippen LogP) is 3.34. The topological polar surface area (TPSA) is 32.7 Å². The number of phenolic OH excluding ortho intramolecular Hbond substituents is 1. The van der Waals surface area contributed by atoms with Gasteiger partial charge in [0.2, 0.25) is 0 Å². The molecule has 23 heavy (non-hydrogen) atoms. The van der Waals surface area contributed by atoms with E-state index in [4.69, 9.17) is 4.74 Å². The van der Waals surface area contributed by atoms with E-state index in [1.165, 1.54) is 28.7 Å². The Bertz CT molecular complexity index is 740. The highest BCUT2D eigenvalue weighted by molar-refractivity contribution is 5.53. The van der Waals surface area contributed by atoms with Crippen LogP contribution in [0.4, 0.5) is 0 Å². The molecule has 2 aromatic carbocycles. The lowest BCUT2D eigenvalue weighted by Crippen LogP contribution is -2.39. The number of likely N-dealkylation sites (N-methyl/N-ethyl adjacent to an activating group) is 1. The van der Waals surface area contributed by atoms with E-state index < -0.39 is 0 Å². The Morgan fingerprint density at radius 3 is 2.74 bits per heavy atom. The van der Waals surface area contributed by atoms with Crippen molar-refractivity contribution in [1.82, 2.24) is 4.90 Å². The van der Waals surface area contributed by atoms with Crippen molar-refractivity contribution in [2.75, 3.05) is 20.7 Å². The molecule has 2 aromatic rings. The summed E-state index contributed by atoms with van der Waals surface area (Å²) in [6.45, 7) is 1.05. The van der Waals surface area contributed by atoms with Gasteiger partial charge in [-0.2, -0.15) is 0 Å². The van der Waals surface area contributed by atoms with Crippen molar-refractivity contribution in [2.24, 2.45) is 0 Å². The minimum atomic E-state index is 0.248. The van der Waals surface area contributed by atoms with Crippen molar-refractivity contribution in [3.8, 4) is 11.5 Å². The van der Waals surface area contributed by atoms with E-state index in [1.54, 1.807) is 7.11 Å². The van der Waals surface area contributed by atoms with Gasteiger partial charge in [0, 0.05) is 18.5 Å². The number of methoxy groups -OCH3 is 1. The van der Waals surface area contributed by atoms with Crippen LogP contribution in [0.2, 0.25) is 0 Å². The molecular weight excluding hydrogens is 286 g/mol. The Morgan fingerprint density at radius 1 is 1.09 bits per heavy atom. The molecule has 3 nitrogen and oxygen atoms in total. The predicted molar refractivity (Wildman–Crippen MR) is 91.4 cm³/mol. The van der Waals surface area contributed by atoms with Crippen molar-refractivity contribution in [2.45, 2.75) is 31.2 Å². The molecule has 0 spiro atoms. The van der Waals surface area contributed by atoms with Crippen LogP contribution in [0, 0.1) is 0 Å². The zero-order valence-corrected chi connectivity index (χ0v) is 13.7. The normalized spacial score (nSPS) is 23.4. The van der Waals surface area contributed by atoms with Crippen molar-refractivity contribution in [3.05, 3.63) is 58.7 Å². The summed E-state index contributed by atoms with van der Waals surface area (Å²) in [5.41, 5.74) is 5.44. The summed E-state index contributed by atoms with van der Waals surface area (Å²) in [6.07, 6.45) is 3.31. The van der Waals surface area contributed by atoms with Crippen LogP contribution in [0.3, 0.4) is 0 Å². The summed E-state index contributed by atoms with van der Waals surface area (Å²) < 4.78 is 5.32. The van der Waals surface area contributed by atoms with Crippen LogP contribution in [0.25, 0.3) is 0 Å². The van der Waals surface area contributed by atoms with Crippen LogP contribution in [0.15, 0.2) is 36.4 Å². The van der Waals surface area contributed by atoms with Gasteiger partial charge in [-0.3, -0.25) is 0 Å². The highest BCUT2D eigenvalue weighted by atomic mass is 16.5. The van der Waals surface area contributed by atoms with E-state index in [2.05, 4.69) is 36.2 Å². The molecule has 0 amide bonds. The number of ether oxygens (including phenoxy) is 1. The van der Waals surface area contributed by atoms with Gasteiger partial charge in [0.1, 0.15) is 0 Å². The van der Waals surface area contributed by atoms with Crippen molar-refractivity contribution in [1.29, 1.82) is 0 Å². The minimum Gasteiger partial charge on any atom is -0.504 e. The molecule has 2 aliphatic rings. The first kappa shape index (κ1) is 14.6. The van der Waals surface area contributed by atoms with Crippen LogP contribution in [-0.4, -0.2) is 36.8 Å². The SMILES string of the molecule is COc1cc2c(cc1O)[C@H]1c3ccccc3CC[C@@H]1N(C)CC2. The molecule has 1 aliphatic carbocycles. The number of aromatic hydroxyl groups is 1. The summed E-state index contributed by atoms with van der Waals surface area (Å²) in [5, 5.41) is 10.3. The van der Waals surface area contributed by atoms with Gasteiger partial charge in [-0.15, -0.1) is 0 Å². The first-order valence-corrected chi connectivity index (χ1v) is 8.37. The standard InChI is InChI=1S/C20H23NO2/c1-21-10-9-14-11-19(23-2)18(22)12-16(14)20-15-6-4-3-5-13(15)7-8-17(20)21/h3-6,11-12,17,20,22H,7-10H2,1-2H3/t17-,20+/m0/s1. The molecule has 0 saturated carbocycles. The van der Waals surface area contributed by atoms with E-state index in [0.29, 0.717) is 17.7 Å². The van der Waals surface area contributed by atoms with Crippen molar-refractivity contribution >= 4 is 0 Å². The van der Waals surface area contributed by atoms with Crippen LogP contribution < -0.4 is 4.74 Å². The van der Waals surface area contributed by atoms with Crippen LogP contribution in [0.5, 0.6) is 11.5 Å². The third kappa shape index (κ3) is 2.31. The largest absolute Gasteiger partial charge is 0.504 e. The average Bonchev–Trinajstić information content (AvgIpc) is 2.71. The van der Waals surface area contributed by atoms with Gasteiger partial charge < -0.3 is 14.7 Å². The average molecular weight is 309 g/mol. The highest BCUT2D eigenvalue weighted by Crippen LogP contribution is 2.44. The minimum absolute atomic E-state index is 0.248. The molecule has 0 bridgehead atoms. The van der Waals surface area contributed by atoms with E-state index in [0.717, 1.165) is 19.4 Å². The number of phenols is 1. The third-order valence-electron chi connectivity index (χ3n) is 5.56. The number of hydrogen-bond acceptors (Lipinski definition) is 3. The zero-order chi connectivity index (χ0) is 16.0. The highest BCUT2D eigenvalue weighted by Gasteiger charge is 2.36. The van der Waals surface area contributed by atoms with Gasteiger partial charge in [-0.25, -0.2) is 0 Å². The number of rotatable bonds is 1. The first-order chi connectivity index (χ1) is 11.2. The first-order valence-electron chi connectivity index (χ1n) is 8.37. The van der Waals surface area contributed by atoms with Gasteiger partial charge in [0.05, 0.1) is 7.11 Å². The van der Waals surface area contributed by atoms with E-state index >= 15 is 0 Å². The summed E-state index contributed by atoms with van der Waals surface area (Å²) in [7, 11) is 3.84. The van der Waals surface area contributed by atoms with E-state index in [1.807, 2.05) is 12.1 Å². The molecule has 1 N–H and O–H groups in total. The lowest BCUT2D eigenvalue weighted by atomic mass is 9.74. The maximum absolute atomic E-state index is 10.3. The maximum Gasteiger partial charge on any atom is 0.160 e. The Labute approximate surface area is 137 Å². The number of fused-ring (bicyclic) bond motifs is 5. The van der Waals surface area contributed by atoms with Gasteiger partial charge in [-0.05, 0) is 60.7 Å². The Kier molecular flexibility index (Phi) is 3.53. The van der Waals surface area contributed by atoms with Crippen LogP contribution in [-0.2, 0) is 12.8 Å². The van der Waals surface area contributed by atoms with Crippen LogP contribution >= 0.6 is 0 Å². The number of aryl methyl sites for hydroxylation is 1. The molecule has 2 atom stereocenters. The number of nitrogens with zero attached hydrogens (tertiary/aromatic N) is 1. The molecule has 1 heterocycles. The summed E-state index contributed by atoms with van der Waals surface area (Å²) in [4.78, 5) is 2.49. The van der Waals surface area contributed by atoms with Gasteiger partial charge >= 0.3 is 0 Å². The second-order valence-electron chi connectivity index (χ2n) is 6.74. The Hall–Kier alpha value is -2.00. The van der Waals surface area contributed by atoms with Crippen molar-refractivity contribution < 1.29 is 9.84 Å². The van der Waals surface area contributed by atoms with Crippen LogP contribution in [0.1, 0.15) is 34.6 Å². The molecule has 1 aliphatic heterocycles. The summed E-state index contributed by atoms with van der Waals surface area (Å²) in [6, 6.07) is 13.2. The fourth-order valence-corrected chi connectivity index (χ4v) is 4.35. The maximum atomic E-state index is 10.3. The summed E-state index contributed by atoms with van der Waals surface area (Å²) in [5.74, 6) is 1.16. The Balaban J connectivity index is 1.92. The Morgan fingerprint density at radius 2 is 1.91 bits per heavy atom. The molecule has 4 rings (SSSR count). The second-order valence-corrected chi connectivity index (χ2v) is 6.74. The zero-order valence-electron chi connectivity index (χ0n) is 13.7. The molecule has 0 saturated heterocycles. The van der Waals surface area contributed by atoms with Gasteiger partial charge in [0.15, 0.2) is 11.5 Å². The quantitative estimate of drug-likeness (QED) is 0.877. The molecule has 0 fully saturated rings. The second kappa shape index (κ2) is 5.57. The molecule has 3 heteroatoms. The summed E-state index contributed by atoms with van der Waals surface area (Å²) >= 11 is 0. The fraction of sp³-hybridized carbons (Fsp3) is 0.400. The monoisotopic (exact) mass is 309 g/mol. The lowest BCUT2D eigenvalue weighted by molar-refractivity contribution is 0.214. The molecule has 0 aromatic heterocycles. The molecular formula is C20H23NO2. The van der Waals surface area contributed by atoms with Crippen molar-refractivity contribution in [3.63, 3.8) is 0 Å². The number of benzene rings is 2. The van der Waals surface area contributed by atoms with Gasteiger partial charge in [0.25, 0.3) is 0 Å². The number of hydrogen-bond donors (Lipinski definition) is 1. The lowest BCUT2D eigenvalue weighted by Gasteiger charge is -2.38. The smallest absolute Gasteiger partial charge is 0.160 e. The molecule has 120 valence electrons. The van der Waals surface area contributed by atoms with Gasteiger partial charge in [-0.1, -0.05) is 24.3 Å².